The standard InChI is InChI=1S/C20H16ClN5O2S2/c1-30(27,28)12-14-2-4-15(5-3-14)20-18(29-19-7-6-16(21)8-24-19)11-26(25-20)17-9-22-13-23-10-17/h2-11,13H,12H2,1H3. The van der Waals surface area contributed by atoms with Crippen LogP contribution in [0.25, 0.3) is 16.9 Å². The van der Waals surface area contributed by atoms with Crippen molar-refractivity contribution in [2.24, 2.45) is 0 Å². The highest BCUT2D eigenvalue weighted by molar-refractivity contribution is 7.99. The van der Waals surface area contributed by atoms with Crippen molar-refractivity contribution in [3.8, 4) is 16.9 Å². The Kier molecular flexibility index (Phi) is 5.85. The quantitative estimate of drug-likeness (QED) is 0.431. The van der Waals surface area contributed by atoms with Crippen LogP contribution < -0.4 is 0 Å². The van der Waals surface area contributed by atoms with E-state index in [1.54, 1.807) is 41.5 Å². The summed E-state index contributed by atoms with van der Waals surface area (Å²) >= 11 is 7.40. The number of hydrogen-bond donors (Lipinski definition) is 0. The van der Waals surface area contributed by atoms with Crippen molar-refractivity contribution in [3.05, 3.63) is 78.1 Å². The summed E-state index contributed by atoms with van der Waals surface area (Å²) in [5.41, 5.74) is 3.06. The molecule has 0 atom stereocenters. The summed E-state index contributed by atoms with van der Waals surface area (Å²) in [6.07, 6.45) is 9.51. The van der Waals surface area contributed by atoms with Gasteiger partial charge in [-0.1, -0.05) is 47.6 Å². The molecule has 0 unspecified atom stereocenters. The number of benzene rings is 1. The zero-order chi connectivity index (χ0) is 21.1. The molecule has 0 fully saturated rings. The predicted octanol–water partition coefficient (Wildman–Crippen LogP) is 4.07. The van der Waals surface area contributed by atoms with Gasteiger partial charge in [-0.05, 0) is 17.7 Å². The number of halogens is 1. The summed E-state index contributed by atoms with van der Waals surface area (Å²) < 4.78 is 24.8. The molecule has 3 aromatic heterocycles. The first kappa shape index (κ1) is 20.5. The third-order valence-electron chi connectivity index (χ3n) is 4.06. The zero-order valence-corrected chi connectivity index (χ0v) is 18.2. The highest BCUT2D eigenvalue weighted by atomic mass is 35.5. The fourth-order valence-electron chi connectivity index (χ4n) is 2.77. The van der Waals surface area contributed by atoms with Crippen LogP contribution in [-0.4, -0.2) is 39.4 Å². The van der Waals surface area contributed by atoms with Gasteiger partial charge in [-0.25, -0.2) is 28.1 Å². The molecule has 0 aliphatic heterocycles. The Morgan fingerprint density at radius 2 is 1.77 bits per heavy atom. The maximum absolute atomic E-state index is 11.5. The first-order valence-corrected chi connectivity index (χ1v) is 12.0. The van der Waals surface area contributed by atoms with Crippen LogP contribution in [0.15, 0.2) is 77.4 Å². The lowest BCUT2D eigenvalue weighted by Gasteiger charge is -2.04. The molecule has 0 N–H and O–H groups in total. The third kappa shape index (κ3) is 5.05. The molecule has 7 nitrogen and oxygen atoms in total. The monoisotopic (exact) mass is 457 g/mol. The van der Waals surface area contributed by atoms with Crippen molar-refractivity contribution in [1.29, 1.82) is 0 Å². The van der Waals surface area contributed by atoms with Crippen LogP contribution in [0.4, 0.5) is 0 Å². The Labute approximate surface area is 183 Å². The number of rotatable bonds is 6. The van der Waals surface area contributed by atoms with Gasteiger partial charge in [-0.15, -0.1) is 0 Å². The lowest BCUT2D eigenvalue weighted by molar-refractivity contribution is 0.601. The van der Waals surface area contributed by atoms with Crippen molar-refractivity contribution in [2.75, 3.05) is 6.26 Å². The molecule has 152 valence electrons. The Morgan fingerprint density at radius 3 is 2.40 bits per heavy atom. The predicted molar refractivity (Wildman–Crippen MR) is 117 cm³/mol. The molecular weight excluding hydrogens is 442 g/mol. The Hall–Kier alpha value is -2.75. The maximum Gasteiger partial charge on any atom is 0.151 e. The smallest absolute Gasteiger partial charge is 0.151 e. The van der Waals surface area contributed by atoms with Gasteiger partial charge in [-0.2, -0.15) is 5.10 Å². The van der Waals surface area contributed by atoms with Crippen molar-refractivity contribution in [2.45, 2.75) is 15.7 Å². The highest BCUT2D eigenvalue weighted by Gasteiger charge is 2.15. The molecule has 30 heavy (non-hydrogen) atoms. The molecule has 0 aliphatic carbocycles. The van der Waals surface area contributed by atoms with Gasteiger partial charge in [-0.3, -0.25) is 0 Å². The van der Waals surface area contributed by atoms with E-state index in [2.05, 4.69) is 15.0 Å². The Morgan fingerprint density at radius 1 is 1.03 bits per heavy atom. The van der Waals surface area contributed by atoms with E-state index in [1.807, 2.05) is 24.4 Å². The average molecular weight is 458 g/mol. The van der Waals surface area contributed by atoms with Crippen molar-refractivity contribution in [3.63, 3.8) is 0 Å². The first-order chi connectivity index (χ1) is 14.4. The summed E-state index contributed by atoms with van der Waals surface area (Å²) in [5.74, 6) is -0.000619. The van der Waals surface area contributed by atoms with E-state index < -0.39 is 9.84 Å². The van der Waals surface area contributed by atoms with E-state index in [9.17, 15) is 8.42 Å². The second-order valence-electron chi connectivity index (χ2n) is 6.57. The van der Waals surface area contributed by atoms with Gasteiger partial charge in [0.2, 0.25) is 0 Å². The zero-order valence-electron chi connectivity index (χ0n) is 15.8. The SMILES string of the molecule is CS(=O)(=O)Cc1ccc(-c2nn(-c3cncnc3)cc2Sc2ccc(Cl)cn2)cc1. The fourth-order valence-corrected chi connectivity index (χ4v) is 4.56. The molecule has 4 aromatic rings. The van der Waals surface area contributed by atoms with Crippen molar-refractivity contribution < 1.29 is 8.42 Å². The Bertz CT molecular complexity index is 1260. The molecule has 0 saturated heterocycles. The molecule has 0 radical (unpaired) electrons. The van der Waals surface area contributed by atoms with E-state index in [0.717, 1.165) is 32.4 Å². The lowest BCUT2D eigenvalue weighted by atomic mass is 10.1. The summed E-state index contributed by atoms with van der Waals surface area (Å²) in [4.78, 5) is 13.3. The van der Waals surface area contributed by atoms with Gasteiger partial charge in [0.25, 0.3) is 0 Å². The highest BCUT2D eigenvalue weighted by Crippen LogP contribution is 2.35. The lowest BCUT2D eigenvalue weighted by Crippen LogP contribution is -2.00. The topological polar surface area (TPSA) is 90.6 Å². The van der Waals surface area contributed by atoms with Crippen LogP contribution in [0.1, 0.15) is 5.56 Å². The molecular formula is C20H16ClN5O2S2. The van der Waals surface area contributed by atoms with Gasteiger partial charge >= 0.3 is 0 Å². The number of sulfone groups is 1. The summed E-state index contributed by atoms with van der Waals surface area (Å²) in [5, 5.41) is 6.06. The second kappa shape index (κ2) is 8.55. The van der Waals surface area contributed by atoms with E-state index >= 15 is 0 Å². The van der Waals surface area contributed by atoms with Gasteiger partial charge in [0, 0.05) is 24.2 Å². The van der Waals surface area contributed by atoms with Gasteiger partial charge in [0.1, 0.15) is 22.7 Å². The van der Waals surface area contributed by atoms with E-state index in [1.165, 1.54) is 24.3 Å². The van der Waals surface area contributed by atoms with Crippen LogP contribution in [0, 0.1) is 0 Å². The third-order valence-corrected chi connectivity index (χ3v) is 6.11. The number of nitrogens with zero attached hydrogens (tertiary/aromatic N) is 5. The average Bonchev–Trinajstić information content (AvgIpc) is 3.14. The fraction of sp³-hybridized carbons (Fsp3) is 0.100. The minimum absolute atomic E-state index is 0.000619. The van der Waals surface area contributed by atoms with E-state index in [0.29, 0.717) is 5.02 Å². The van der Waals surface area contributed by atoms with Crippen LogP contribution >= 0.6 is 23.4 Å². The summed E-state index contributed by atoms with van der Waals surface area (Å²) in [6.45, 7) is 0. The van der Waals surface area contributed by atoms with E-state index in [4.69, 9.17) is 16.7 Å². The summed E-state index contributed by atoms with van der Waals surface area (Å²) in [6, 6.07) is 11.0. The minimum Gasteiger partial charge on any atom is -0.248 e. The molecule has 3 heterocycles. The van der Waals surface area contributed by atoms with Crippen LogP contribution in [-0.2, 0) is 15.6 Å². The van der Waals surface area contributed by atoms with Gasteiger partial charge < -0.3 is 0 Å². The molecule has 0 spiro atoms. The van der Waals surface area contributed by atoms with Crippen LogP contribution in [0.3, 0.4) is 0 Å². The van der Waals surface area contributed by atoms with Crippen LogP contribution in [0.2, 0.25) is 5.02 Å². The van der Waals surface area contributed by atoms with Gasteiger partial charge in [0.15, 0.2) is 9.84 Å². The van der Waals surface area contributed by atoms with Gasteiger partial charge in [0.05, 0.1) is 28.1 Å². The Balaban J connectivity index is 1.73. The molecule has 0 bridgehead atoms. The maximum atomic E-state index is 11.5. The number of hydrogen-bond acceptors (Lipinski definition) is 7. The number of pyridine rings is 1. The molecule has 10 heteroatoms. The van der Waals surface area contributed by atoms with E-state index in [-0.39, 0.29) is 5.75 Å². The van der Waals surface area contributed by atoms with Crippen molar-refractivity contribution >= 4 is 33.2 Å². The largest absolute Gasteiger partial charge is 0.248 e. The molecule has 1 aromatic carbocycles. The summed E-state index contributed by atoms with van der Waals surface area (Å²) in [7, 11) is -3.10. The second-order valence-corrected chi connectivity index (χ2v) is 10.2. The molecule has 0 amide bonds. The van der Waals surface area contributed by atoms with Crippen LogP contribution in [0.5, 0.6) is 0 Å². The normalized spacial score (nSPS) is 11.5. The minimum atomic E-state index is -3.10. The molecule has 0 aliphatic rings. The molecule has 4 rings (SSSR count). The first-order valence-electron chi connectivity index (χ1n) is 8.79. The van der Waals surface area contributed by atoms with Crippen molar-refractivity contribution in [1.82, 2.24) is 24.7 Å². The number of aromatic nitrogens is 5. The molecule has 0 saturated carbocycles.